The minimum atomic E-state index is -1.77. The van der Waals surface area contributed by atoms with Crippen LogP contribution in [-0.2, 0) is 19.0 Å². The molecule has 0 spiro atoms. The van der Waals surface area contributed by atoms with Crippen molar-refractivity contribution in [3.8, 4) is 0 Å². The van der Waals surface area contributed by atoms with Crippen molar-refractivity contribution >= 4 is 5.91 Å². The average molecular weight is 383 g/mol. The number of carbonyl (C=O) groups is 1. The third-order valence-corrected chi connectivity index (χ3v) is 4.38. The van der Waals surface area contributed by atoms with Crippen LogP contribution in [0.4, 0.5) is 0 Å². The number of nitrogens with one attached hydrogen (secondary N) is 1. The van der Waals surface area contributed by atoms with E-state index in [4.69, 9.17) is 14.2 Å². The van der Waals surface area contributed by atoms with E-state index in [9.17, 15) is 40.5 Å². The summed E-state index contributed by atoms with van der Waals surface area (Å²) in [6, 6.07) is -1.29. The van der Waals surface area contributed by atoms with E-state index in [1.165, 1.54) is 0 Å². The van der Waals surface area contributed by atoms with E-state index in [1.807, 2.05) is 0 Å². The number of aliphatic hydroxyl groups is 7. The Kier molecular flexibility index (Phi) is 7.27. The second-order valence-electron chi connectivity index (χ2n) is 6.26. The zero-order valence-electron chi connectivity index (χ0n) is 14.0. The number of ether oxygens (including phenoxy) is 3. The van der Waals surface area contributed by atoms with Crippen molar-refractivity contribution in [3.05, 3.63) is 0 Å². The highest BCUT2D eigenvalue weighted by molar-refractivity contribution is 5.73. The molecule has 1 amide bonds. The maximum absolute atomic E-state index is 11.4. The van der Waals surface area contributed by atoms with E-state index in [-0.39, 0.29) is 0 Å². The van der Waals surface area contributed by atoms with E-state index in [0.717, 1.165) is 6.92 Å². The van der Waals surface area contributed by atoms with Crippen LogP contribution in [0.25, 0.3) is 0 Å². The molecule has 0 radical (unpaired) electrons. The van der Waals surface area contributed by atoms with Gasteiger partial charge in [0.25, 0.3) is 0 Å². The Labute approximate surface area is 148 Å². The van der Waals surface area contributed by atoms with Gasteiger partial charge >= 0.3 is 0 Å². The second-order valence-corrected chi connectivity index (χ2v) is 6.26. The number of amides is 1. The Morgan fingerprint density at radius 3 is 2.04 bits per heavy atom. The van der Waals surface area contributed by atoms with Gasteiger partial charge in [0.05, 0.1) is 13.2 Å². The Hall–Kier alpha value is -0.930. The molecule has 0 aromatic carbocycles. The molecule has 152 valence electrons. The minimum Gasteiger partial charge on any atom is -0.394 e. The number of hydrogen-bond donors (Lipinski definition) is 8. The molecule has 0 bridgehead atoms. The fourth-order valence-electron chi connectivity index (χ4n) is 2.97. The molecule has 2 aliphatic heterocycles. The number of carbonyl (C=O) groups excluding carboxylic acids is 1. The van der Waals surface area contributed by atoms with E-state index in [2.05, 4.69) is 5.32 Å². The van der Waals surface area contributed by atoms with E-state index < -0.39 is 80.5 Å². The lowest BCUT2D eigenvalue weighted by Gasteiger charge is -2.46. The molecule has 0 unspecified atom stereocenters. The van der Waals surface area contributed by atoms with Gasteiger partial charge in [0.1, 0.15) is 48.8 Å². The number of aliphatic hydroxyl groups excluding tert-OH is 7. The molecular weight excluding hydrogens is 358 g/mol. The van der Waals surface area contributed by atoms with Gasteiger partial charge in [-0.15, -0.1) is 0 Å². The lowest BCUT2D eigenvalue weighted by molar-refractivity contribution is -0.341. The molecule has 26 heavy (non-hydrogen) atoms. The van der Waals surface area contributed by atoms with E-state index in [1.54, 1.807) is 0 Å². The van der Waals surface area contributed by atoms with Crippen LogP contribution < -0.4 is 5.32 Å². The summed E-state index contributed by atoms with van der Waals surface area (Å²) in [7, 11) is 0. The molecule has 0 aromatic heterocycles. The quantitative estimate of drug-likeness (QED) is 0.226. The van der Waals surface area contributed by atoms with Crippen LogP contribution in [0.3, 0.4) is 0 Å². The lowest BCUT2D eigenvalue weighted by Crippen LogP contribution is -2.67. The molecule has 0 saturated carbocycles. The summed E-state index contributed by atoms with van der Waals surface area (Å²) < 4.78 is 15.6. The first-order valence-electron chi connectivity index (χ1n) is 8.06. The minimum absolute atomic E-state index is 0.581. The highest BCUT2D eigenvalue weighted by Crippen LogP contribution is 2.28. The lowest BCUT2D eigenvalue weighted by atomic mass is 9.95. The van der Waals surface area contributed by atoms with Crippen molar-refractivity contribution in [2.24, 2.45) is 0 Å². The molecule has 2 rings (SSSR count). The summed E-state index contributed by atoms with van der Waals surface area (Å²) in [4.78, 5) is 11.4. The van der Waals surface area contributed by atoms with Gasteiger partial charge in [-0.1, -0.05) is 0 Å². The Bertz CT molecular complexity index is 480. The van der Waals surface area contributed by atoms with Crippen LogP contribution in [0.2, 0.25) is 0 Å². The highest BCUT2D eigenvalue weighted by atomic mass is 16.7. The van der Waals surface area contributed by atoms with Gasteiger partial charge in [-0.25, -0.2) is 0 Å². The Morgan fingerprint density at radius 2 is 1.50 bits per heavy atom. The highest BCUT2D eigenvalue weighted by Gasteiger charge is 2.50. The van der Waals surface area contributed by atoms with Gasteiger partial charge in [0.2, 0.25) is 5.91 Å². The Morgan fingerprint density at radius 1 is 0.923 bits per heavy atom. The average Bonchev–Trinajstić information content (AvgIpc) is 2.60. The molecule has 12 heteroatoms. The van der Waals surface area contributed by atoms with E-state index in [0.29, 0.717) is 0 Å². The van der Waals surface area contributed by atoms with Gasteiger partial charge in [-0.2, -0.15) is 0 Å². The zero-order chi connectivity index (χ0) is 19.6. The van der Waals surface area contributed by atoms with Crippen LogP contribution in [0.5, 0.6) is 0 Å². The predicted octanol–water partition coefficient (Wildman–Crippen LogP) is -5.25. The molecule has 2 saturated heterocycles. The monoisotopic (exact) mass is 383 g/mol. The van der Waals surface area contributed by atoms with E-state index >= 15 is 0 Å². The fraction of sp³-hybridized carbons (Fsp3) is 0.929. The van der Waals surface area contributed by atoms with Crippen LogP contribution in [0, 0.1) is 0 Å². The summed E-state index contributed by atoms with van der Waals surface area (Å²) in [6.07, 6.45) is -13.7. The van der Waals surface area contributed by atoms with Crippen LogP contribution >= 0.6 is 0 Å². The smallest absolute Gasteiger partial charge is 0.217 e. The maximum Gasteiger partial charge on any atom is 0.217 e. The number of hydrogen-bond acceptors (Lipinski definition) is 11. The molecule has 8 N–H and O–H groups in total. The van der Waals surface area contributed by atoms with Gasteiger partial charge in [-0.05, 0) is 0 Å². The second kappa shape index (κ2) is 8.84. The van der Waals surface area contributed by atoms with Crippen LogP contribution in [-0.4, -0.2) is 116 Å². The fourth-order valence-corrected chi connectivity index (χ4v) is 2.97. The molecule has 2 aliphatic rings. The van der Waals surface area contributed by atoms with Gasteiger partial charge in [0.15, 0.2) is 12.6 Å². The predicted molar refractivity (Wildman–Crippen MR) is 80.2 cm³/mol. The van der Waals surface area contributed by atoms with Gasteiger partial charge in [0, 0.05) is 6.92 Å². The maximum atomic E-state index is 11.4. The summed E-state index contributed by atoms with van der Waals surface area (Å²) in [5.41, 5.74) is 0. The van der Waals surface area contributed by atoms with Crippen molar-refractivity contribution in [2.45, 2.75) is 68.3 Å². The largest absolute Gasteiger partial charge is 0.394 e. The summed E-state index contributed by atoms with van der Waals surface area (Å²) >= 11 is 0. The summed E-state index contributed by atoms with van der Waals surface area (Å²) in [6.45, 7) is -0.199. The molecule has 12 nitrogen and oxygen atoms in total. The van der Waals surface area contributed by atoms with Gasteiger partial charge < -0.3 is 55.3 Å². The van der Waals surface area contributed by atoms with Crippen LogP contribution in [0.15, 0.2) is 0 Å². The zero-order valence-corrected chi connectivity index (χ0v) is 14.0. The molecule has 0 aliphatic carbocycles. The molecule has 0 aromatic rings. The first kappa shape index (κ1) is 21.4. The summed E-state index contributed by atoms with van der Waals surface area (Å²) in [5, 5.41) is 70.8. The molecular formula is C14H25NO11. The molecule has 10 atom stereocenters. The van der Waals surface area contributed by atoms with Gasteiger partial charge in [-0.3, -0.25) is 4.79 Å². The first-order chi connectivity index (χ1) is 12.2. The van der Waals surface area contributed by atoms with Crippen molar-refractivity contribution in [2.75, 3.05) is 13.2 Å². The van der Waals surface area contributed by atoms with Crippen molar-refractivity contribution < 1.29 is 54.8 Å². The standard InChI is InChI=1S/C14H25NO11/c1-4(18)15-7-10(21)8(19)5(2-16)25-14(7)26-12-9(20)6(3-17)24-13(23)11(12)22/h5-14,16-17,19-23H,2-3H2,1H3,(H,15,18)/t5-,6+,7+,8-,9+,10-,11+,12-,13+,14+/m1/s1. The summed E-state index contributed by atoms with van der Waals surface area (Å²) in [5.74, 6) is -0.581. The van der Waals surface area contributed by atoms with Crippen molar-refractivity contribution in [1.29, 1.82) is 0 Å². The molecule has 2 heterocycles. The normalized spacial score (nSPS) is 46.8. The number of rotatable bonds is 5. The van der Waals surface area contributed by atoms with Crippen molar-refractivity contribution in [3.63, 3.8) is 0 Å². The third-order valence-electron chi connectivity index (χ3n) is 4.38. The SMILES string of the molecule is CC(=O)N[C@@H]1[C@H](O[C@@H]2[C@@H](O)[C@H](CO)O[C@H](O)[C@H]2O)O[C@H](CO)[C@@H](O)[C@@H]1O. The molecule has 2 fully saturated rings. The first-order valence-corrected chi connectivity index (χ1v) is 8.06. The topological polar surface area (TPSA) is 198 Å². The van der Waals surface area contributed by atoms with Crippen LogP contribution in [0.1, 0.15) is 6.92 Å². The van der Waals surface area contributed by atoms with Crippen molar-refractivity contribution in [1.82, 2.24) is 5.32 Å². The Balaban J connectivity index is 2.22. The third kappa shape index (κ3) is 4.31.